The normalized spacial score (nSPS) is 11.2. The van der Waals surface area contributed by atoms with E-state index < -0.39 is 36.4 Å². The van der Waals surface area contributed by atoms with Crippen molar-refractivity contribution in [1.29, 1.82) is 0 Å². The molecular formula is C10H12F2N2O3. The molecule has 0 radical (unpaired) electrons. The second-order valence-electron chi connectivity index (χ2n) is 3.45. The summed E-state index contributed by atoms with van der Waals surface area (Å²) in [5.41, 5.74) is 4.77. The van der Waals surface area contributed by atoms with E-state index in [0.29, 0.717) is 0 Å². The molecule has 5 N–H and O–H groups in total. The Bertz CT molecular complexity index is 424. The van der Waals surface area contributed by atoms with Crippen LogP contribution in [-0.4, -0.2) is 35.1 Å². The average Bonchev–Trinajstić information content (AvgIpc) is 2.30. The maximum atomic E-state index is 12.7. The van der Waals surface area contributed by atoms with Gasteiger partial charge in [-0.25, -0.2) is 8.78 Å². The van der Waals surface area contributed by atoms with Gasteiger partial charge in [-0.3, -0.25) is 4.79 Å². The molecule has 0 spiro atoms. The lowest BCUT2D eigenvalue weighted by molar-refractivity contribution is 0.0118. The van der Waals surface area contributed by atoms with Gasteiger partial charge in [-0.15, -0.1) is 0 Å². The molecule has 17 heavy (non-hydrogen) atoms. The number of amides is 1. The summed E-state index contributed by atoms with van der Waals surface area (Å²) in [6, 6.07) is 3.27. The average molecular weight is 246 g/mol. The summed E-state index contributed by atoms with van der Waals surface area (Å²) >= 11 is 0. The molecule has 1 aromatic carbocycles. The van der Waals surface area contributed by atoms with Gasteiger partial charge in [0.1, 0.15) is 0 Å². The van der Waals surface area contributed by atoms with E-state index in [1.165, 1.54) is 6.07 Å². The van der Waals surface area contributed by atoms with Crippen molar-refractivity contribution in [2.45, 2.75) is 5.92 Å². The fourth-order valence-corrected chi connectivity index (χ4v) is 1.05. The van der Waals surface area contributed by atoms with E-state index in [-0.39, 0.29) is 5.56 Å². The Hall–Kier alpha value is -1.89. The van der Waals surface area contributed by atoms with E-state index in [9.17, 15) is 13.6 Å². The molecule has 7 heteroatoms. The van der Waals surface area contributed by atoms with Crippen LogP contribution in [-0.2, 0) is 0 Å². The topological polar surface area (TPSA) is 95.6 Å². The number of alkyl halides is 2. The predicted molar refractivity (Wildman–Crippen MR) is 56.1 cm³/mol. The molecule has 1 aromatic rings. The van der Waals surface area contributed by atoms with E-state index in [0.717, 1.165) is 12.1 Å². The second-order valence-corrected chi connectivity index (χ2v) is 3.45. The first-order chi connectivity index (χ1) is 7.85. The highest BCUT2D eigenvalue weighted by molar-refractivity contribution is 5.94. The van der Waals surface area contributed by atoms with Gasteiger partial charge < -0.3 is 21.3 Å². The Labute approximate surface area is 95.9 Å². The summed E-state index contributed by atoms with van der Waals surface area (Å²) in [6.45, 7) is -1.75. The number of hydrogen-bond acceptors (Lipinski definition) is 4. The maximum absolute atomic E-state index is 12.7. The third-order valence-electron chi connectivity index (χ3n) is 2.04. The number of benzene rings is 1. The van der Waals surface area contributed by atoms with Crippen LogP contribution in [0.1, 0.15) is 10.4 Å². The maximum Gasteiger partial charge on any atom is 0.277 e. The van der Waals surface area contributed by atoms with Gasteiger partial charge in [-0.05, 0) is 18.2 Å². The summed E-state index contributed by atoms with van der Waals surface area (Å²) < 4.78 is 25.5. The van der Waals surface area contributed by atoms with Crippen molar-refractivity contribution < 1.29 is 23.8 Å². The van der Waals surface area contributed by atoms with Gasteiger partial charge in [0.05, 0.1) is 13.1 Å². The van der Waals surface area contributed by atoms with Crippen molar-refractivity contribution in [3.63, 3.8) is 0 Å². The van der Waals surface area contributed by atoms with E-state index in [1.54, 1.807) is 0 Å². The summed E-state index contributed by atoms with van der Waals surface area (Å²) in [6.07, 6.45) is 0. The third kappa shape index (κ3) is 3.56. The van der Waals surface area contributed by atoms with E-state index in [4.69, 9.17) is 15.9 Å². The molecule has 0 aliphatic rings. The molecule has 0 bridgehead atoms. The Morgan fingerprint density at radius 2 is 2.00 bits per heavy atom. The summed E-state index contributed by atoms with van der Waals surface area (Å²) in [4.78, 5) is 11.4. The van der Waals surface area contributed by atoms with Gasteiger partial charge in [0.2, 0.25) is 0 Å². The molecule has 1 rings (SSSR count). The second kappa shape index (κ2) is 4.96. The number of carbonyl (C=O) groups excluding carboxylic acids is 1. The third-order valence-corrected chi connectivity index (χ3v) is 2.04. The summed E-state index contributed by atoms with van der Waals surface area (Å²) in [7, 11) is 0. The van der Waals surface area contributed by atoms with Crippen LogP contribution in [0.3, 0.4) is 0 Å². The van der Waals surface area contributed by atoms with E-state index in [2.05, 4.69) is 0 Å². The summed E-state index contributed by atoms with van der Waals surface area (Å²) in [5.74, 6) is -4.85. The first-order valence-corrected chi connectivity index (χ1v) is 4.74. The van der Waals surface area contributed by atoms with Gasteiger partial charge in [0, 0.05) is 5.56 Å². The van der Waals surface area contributed by atoms with Crippen LogP contribution in [0.4, 0.5) is 8.78 Å². The number of phenolic OH excluding ortho intramolecular Hbond substituents is 2. The van der Waals surface area contributed by atoms with Crippen LogP contribution < -0.4 is 11.1 Å². The zero-order valence-corrected chi connectivity index (χ0v) is 8.78. The zero-order chi connectivity index (χ0) is 13.1. The monoisotopic (exact) mass is 246 g/mol. The molecule has 0 unspecified atom stereocenters. The van der Waals surface area contributed by atoms with Crippen molar-refractivity contribution in [3.8, 4) is 11.5 Å². The minimum atomic E-state index is -3.17. The van der Waals surface area contributed by atoms with Crippen LogP contribution >= 0.6 is 0 Å². The van der Waals surface area contributed by atoms with E-state index >= 15 is 0 Å². The summed E-state index contributed by atoms with van der Waals surface area (Å²) in [5, 5.41) is 20.1. The molecule has 5 nitrogen and oxygen atoms in total. The molecule has 0 atom stereocenters. The lowest BCUT2D eigenvalue weighted by atomic mass is 10.2. The fourth-order valence-electron chi connectivity index (χ4n) is 1.05. The first-order valence-electron chi connectivity index (χ1n) is 4.74. The molecule has 0 aromatic heterocycles. The van der Waals surface area contributed by atoms with Crippen LogP contribution in [0.2, 0.25) is 0 Å². The van der Waals surface area contributed by atoms with E-state index in [1.807, 2.05) is 5.32 Å². The lowest BCUT2D eigenvalue weighted by Gasteiger charge is -2.14. The standard InChI is InChI=1S/C10H12F2N2O3/c11-10(12,4-13)5-14-9(17)6-1-2-7(15)8(16)3-6/h1-3,15-16H,4-5,13H2,(H,14,17). The van der Waals surface area contributed by atoms with Crippen molar-refractivity contribution in [3.05, 3.63) is 23.8 Å². The number of hydrogen-bond donors (Lipinski definition) is 4. The number of carbonyl (C=O) groups is 1. The minimum absolute atomic E-state index is 0.0341. The van der Waals surface area contributed by atoms with Crippen LogP contribution in [0.15, 0.2) is 18.2 Å². The number of nitrogens with two attached hydrogens (primary N) is 1. The molecule has 0 aliphatic heterocycles. The largest absolute Gasteiger partial charge is 0.504 e. The molecule has 0 aliphatic carbocycles. The molecule has 1 amide bonds. The van der Waals surface area contributed by atoms with Gasteiger partial charge in [-0.2, -0.15) is 0 Å². The Morgan fingerprint density at radius 1 is 1.35 bits per heavy atom. The molecular weight excluding hydrogens is 234 g/mol. The number of aromatic hydroxyl groups is 2. The number of nitrogens with one attached hydrogen (secondary N) is 1. The van der Waals surface area contributed by atoms with Gasteiger partial charge in [0.15, 0.2) is 11.5 Å². The lowest BCUT2D eigenvalue weighted by Crippen LogP contribution is -2.41. The quantitative estimate of drug-likeness (QED) is 0.579. The van der Waals surface area contributed by atoms with Crippen molar-refractivity contribution >= 4 is 5.91 Å². The van der Waals surface area contributed by atoms with Gasteiger partial charge >= 0.3 is 0 Å². The van der Waals surface area contributed by atoms with Crippen LogP contribution in [0, 0.1) is 0 Å². The van der Waals surface area contributed by atoms with Crippen LogP contribution in [0.5, 0.6) is 11.5 Å². The van der Waals surface area contributed by atoms with Gasteiger partial charge in [0.25, 0.3) is 11.8 Å². The van der Waals surface area contributed by atoms with Crippen molar-refractivity contribution in [2.75, 3.05) is 13.1 Å². The smallest absolute Gasteiger partial charge is 0.277 e. The minimum Gasteiger partial charge on any atom is -0.504 e. The highest BCUT2D eigenvalue weighted by Gasteiger charge is 2.27. The predicted octanol–water partition coefficient (Wildman–Crippen LogP) is 0.422. The molecule has 0 saturated heterocycles. The SMILES string of the molecule is NCC(F)(F)CNC(=O)c1ccc(O)c(O)c1. The molecule has 94 valence electrons. The number of phenols is 2. The highest BCUT2D eigenvalue weighted by atomic mass is 19.3. The van der Waals surface area contributed by atoms with Crippen molar-refractivity contribution in [2.24, 2.45) is 5.73 Å². The van der Waals surface area contributed by atoms with Crippen molar-refractivity contribution in [1.82, 2.24) is 5.32 Å². The molecule has 0 heterocycles. The van der Waals surface area contributed by atoms with Crippen LogP contribution in [0.25, 0.3) is 0 Å². The zero-order valence-electron chi connectivity index (χ0n) is 8.78. The Kier molecular flexibility index (Phi) is 3.84. The number of rotatable bonds is 4. The van der Waals surface area contributed by atoms with Gasteiger partial charge in [-0.1, -0.05) is 0 Å². The number of halogens is 2. The molecule has 0 fully saturated rings. The molecule has 0 saturated carbocycles. The first kappa shape index (κ1) is 13.2. The Balaban J connectivity index is 2.68. The fraction of sp³-hybridized carbons (Fsp3) is 0.300. The highest BCUT2D eigenvalue weighted by Crippen LogP contribution is 2.24. The Morgan fingerprint density at radius 3 is 2.53 bits per heavy atom.